The van der Waals surface area contributed by atoms with E-state index in [0.29, 0.717) is 11.3 Å². The quantitative estimate of drug-likeness (QED) is 0.736. The number of carbonyl (C=O) groups is 1. The minimum absolute atomic E-state index is 0.0158. The van der Waals surface area contributed by atoms with Gasteiger partial charge >= 0.3 is 5.97 Å². The van der Waals surface area contributed by atoms with Gasteiger partial charge < -0.3 is 20.7 Å². The van der Waals surface area contributed by atoms with Gasteiger partial charge in [0.25, 0.3) is 0 Å². The largest absolute Gasteiger partial charge is 0.506 e. The third-order valence-corrected chi connectivity index (χ3v) is 2.40. The normalized spacial score (nSPS) is 12.2. The first-order valence-corrected chi connectivity index (χ1v) is 4.87. The summed E-state index contributed by atoms with van der Waals surface area (Å²) in [6, 6.07) is 1.85. The molecule has 1 rings (SSSR count). The van der Waals surface area contributed by atoms with E-state index in [4.69, 9.17) is 27.2 Å². The highest BCUT2D eigenvalue weighted by atomic mass is 35.5. The molecule has 0 fully saturated rings. The van der Waals surface area contributed by atoms with Crippen molar-refractivity contribution in [1.29, 1.82) is 0 Å². The Labute approximate surface area is 97.4 Å². The van der Waals surface area contributed by atoms with Crippen LogP contribution in [0, 0.1) is 0 Å². The average molecular weight is 246 g/mol. The molecule has 1 atom stereocenters. The zero-order chi connectivity index (χ0) is 12.3. The Balaban J connectivity index is 3.03. The molecule has 0 saturated carbocycles. The van der Waals surface area contributed by atoms with Gasteiger partial charge in [-0.25, -0.2) is 0 Å². The predicted octanol–water partition coefficient (Wildman–Crippen LogP) is 1.01. The van der Waals surface area contributed by atoms with E-state index in [0.717, 1.165) is 0 Å². The molecule has 0 aliphatic heterocycles. The number of nitrogens with two attached hydrogens (primary N) is 1. The molecule has 88 valence electrons. The van der Waals surface area contributed by atoms with Gasteiger partial charge in [0.05, 0.1) is 12.1 Å². The molecular weight excluding hydrogens is 234 g/mol. The number of hydrogen-bond donors (Lipinski definition) is 3. The monoisotopic (exact) mass is 245 g/mol. The summed E-state index contributed by atoms with van der Waals surface area (Å²) in [5, 5.41) is 18.4. The van der Waals surface area contributed by atoms with Gasteiger partial charge in [-0.3, -0.25) is 4.79 Å². The zero-order valence-corrected chi connectivity index (χ0v) is 9.36. The summed E-state index contributed by atoms with van der Waals surface area (Å²) in [6.45, 7) is 0. The highest BCUT2D eigenvalue weighted by Gasteiger charge is 2.17. The Hall–Kier alpha value is -1.46. The molecule has 0 aliphatic carbocycles. The SMILES string of the molecule is COc1cc(Cl)c(O)c(CC(N)C(=O)O)c1. The van der Waals surface area contributed by atoms with Gasteiger partial charge in [0.1, 0.15) is 17.5 Å². The van der Waals surface area contributed by atoms with E-state index < -0.39 is 12.0 Å². The number of aliphatic carboxylic acids is 1. The summed E-state index contributed by atoms with van der Waals surface area (Å²) in [5.41, 5.74) is 5.71. The number of carboxylic acids is 1. The fourth-order valence-electron chi connectivity index (χ4n) is 1.23. The molecule has 4 N–H and O–H groups in total. The highest BCUT2D eigenvalue weighted by Crippen LogP contribution is 2.32. The van der Waals surface area contributed by atoms with Crippen LogP contribution in [0.2, 0.25) is 5.02 Å². The molecule has 0 bridgehead atoms. The number of benzene rings is 1. The lowest BCUT2D eigenvalue weighted by Crippen LogP contribution is -2.32. The van der Waals surface area contributed by atoms with Crippen LogP contribution in [0.4, 0.5) is 0 Å². The van der Waals surface area contributed by atoms with Crippen molar-refractivity contribution in [3.63, 3.8) is 0 Å². The first-order valence-electron chi connectivity index (χ1n) is 4.49. The molecule has 1 aromatic carbocycles. The van der Waals surface area contributed by atoms with E-state index in [1.807, 2.05) is 0 Å². The number of halogens is 1. The van der Waals surface area contributed by atoms with Gasteiger partial charge in [-0.2, -0.15) is 0 Å². The van der Waals surface area contributed by atoms with E-state index in [2.05, 4.69) is 0 Å². The topological polar surface area (TPSA) is 92.8 Å². The minimum atomic E-state index is -1.14. The van der Waals surface area contributed by atoms with E-state index in [9.17, 15) is 9.90 Å². The van der Waals surface area contributed by atoms with Crippen LogP contribution in [0.25, 0.3) is 0 Å². The molecule has 0 aromatic heterocycles. The van der Waals surface area contributed by atoms with Crippen LogP contribution in [-0.2, 0) is 11.2 Å². The van der Waals surface area contributed by atoms with Crippen LogP contribution in [0.15, 0.2) is 12.1 Å². The average Bonchev–Trinajstić information content (AvgIpc) is 2.24. The van der Waals surface area contributed by atoms with Crippen molar-refractivity contribution in [2.75, 3.05) is 7.11 Å². The van der Waals surface area contributed by atoms with Crippen molar-refractivity contribution < 1.29 is 19.7 Å². The smallest absolute Gasteiger partial charge is 0.320 e. The molecule has 0 radical (unpaired) electrons. The maximum absolute atomic E-state index is 10.6. The predicted molar refractivity (Wildman–Crippen MR) is 59.0 cm³/mol. The molecule has 0 saturated heterocycles. The number of rotatable bonds is 4. The van der Waals surface area contributed by atoms with Gasteiger partial charge in [-0.05, 0) is 6.07 Å². The summed E-state index contributed by atoms with van der Waals surface area (Å²) in [7, 11) is 1.45. The van der Waals surface area contributed by atoms with Crippen LogP contribution in [0.3, 0.4) is 0 Å². The number of phenolic OH excluding ortho intramolecular Hbond substituents is 1. The van der Waals surface area contributed by atoms with Crippen molar-refractivity contribution in [2.24, 2.45) is 5.73 Å². The van der Waals surface area contributed by atoms with Gasteiger partial charge in [0, 0.05) is 18.1 Å². The summed E-state index contributed by atoms with van der Waals surface area (Å²) < 4.78 is 4.95. The standard InChI is InChI=1S/C10H12ClNO4/c1-16-6-2-5(3-8(12)10(14)15)9(13)7(11)4-6/h2,4,8,13H,3,12H2,1H3,(H,14,15). The van der Waals surface area contributed by atoms with Gasteiger partial charge in [0.2, 0.25) is 0 Å². The lowest BCUT2D eigenvalue weighted by atomic mass is 10.1. The van der Waals surface area contributed by atoms with Crippen LogP contribution < -0.4 is 10.5 Å². The fourth-order valence-corrected chi connectivity index (χ4v) is 1.45. The van der Waals surface area contributed by atoms with Gasteiger partial charge in [-0.1, -0.05) is 11.6 Å². The van der Waals surface area contributed by atoms with Crippen molar-refractivity contribution in [3.8, 4) is 11.5 Å². The summed E-state index contributed by atoms with van der Waals surface area (Å²) in [4.78, 5) is 10.6. The molecule has 1 unspecified atom stereocenters. The number of ether oxygens (including phenoxy) is 1. The Morgan fingerprint density at radius 1 is 1.62 bits per heavy atom. The van der Waals surface area contributed by atoms with E-state index in [1.165, 1.54) is 19.2 Å². The number of phenols is 1. The molecule has 6 heteroatoms. The van der Waals surface area contributed by atoms with Crippen LogP contribution >= 0.6 is 11.6 Å². The Bertz CT molecular complexity index is 408. The molecule has 0 aliphatic rings. The Morgan fingerprint density at radius 2 is 2.25 bits per heavy atom. The maximum Gasteiger partial charge on any atom is 0.320 e. The highest BCUT2D eigenvalue weighted by molar-refractivity contribution is 6.32. The zero-order valence-electron chi connectivity index (χ0n) is 8.61. The second-order valence-corrected chi connectivity index (χ2v) is 3.67. The molecule has 16 heavy (non-hydrogen) atoms. The van der Waals surface area contributed by atoms with Crippen LogP contribution in [0.1, 0.15) is 5.56 Å². The lowest BCUT2D eigenvalue weighted by molar-refractivity contribution is -0.138. The second kappa shape index (κ2) is 5.05. The van der Waals surface area contributed by atoms with E-state index >= 15 is 0 Å². The lowest BCUT2D eigenvalue weighted by Gasteiger charge is -2.11. The number of aromatic hydroxyl groups is 1. The van der Waals surface area contributed by atoms with Gasteiger partial charge in [-0.15, -0.1) is 0 Å². The van der Waals surface area contributed by atoms with Crippen LogP contribution in [0.5, 0.6) is 11.5 Å². The van der Waals surface area contributed by atoms with E-state index in [-0.39, 0.29) is 17.2 Å². The molecule has 0 heterocycles. The molecule has 5 nitrogen and oxygen atoms in total. The first-order chi connectivity index (χ1) is 7.45. The van der Waals surface area contributed by atoms with Crippen LogP contribution in [-0.4, -0.2) is 29.3 Å². The van der Waals surface area contributed by atoms with Crippen molar-refractivity contribution in [1.82, 2.24) is 0 Å². The Morgan fingerprint density at radius 3 is 2.75 bits per heavy atom. The second-order valence-electron chi connectivity index (χ2n) is 3.27. The maximum atomic E-state index is 10.6. The fraction of sp³-hybridized carbons (Fsp3) is 0.300. The van der Waals surface area contributed by atoms with Gasteiger partial charge in [0.15, 0.2) is 0 Å². The number of hydrogen-bond acceptors (Lipinski definition) is 4. The molecule has 1 aromatic rings. The molecule has 0 spiro atoms. The summed E-state index contributed by atoms with van der Waals surface area (Å²) in [5.74, 6) is -0.868. The summed E-state index contributed by atoms with van der Waals surface area (Å²) in [6.07, 6.45) is -0.0158. The first kappa shape index (κ1) is 12.6. The van der Waals surface area contributed by atoms with Crippen molar-refractivity contribution in [3.05, 3.63) is 22.7 Å². The van der Waals surface area contributed by atoms with E-state index in [1.54, 1.807) is 0 Å². The third kappa shape index (κ3) is 2.77. The number of carboxylic acid groups (broad SMARTS) is 1. The number of methoxy groups -OCH3 is 1. The minimum Gasteiger partial charge on any atom is -0.506 e. The summed E-state index contributed by atoms with van der Waals surface area (Å²) >= 11 is 5.74. The third-order valence-electron chi connectivity index (χ3n) is 2.11. The Kier molecular flexibility index (Phi) is 3.98. The van der Waals surface area contributed by atoms with Crippen molar-refractivity contribution in [2.45, 2.75) is 12.5 Å². The van der Waals surface area contributed by atoms with Crippen molar-refractivity contribution >= 4 is 17.6 Å². The molecule has 0 amide bonds. The molecular formula is C10H12ClNO4.